The normalized spacial score (nSPS) is 13.7. The Labute approximate surface area is 119 Å². The van der Waals surface area contributed by atoms with Crippen molar-refractivity contribution in [1.29, 1.82) is 5.26 Å². The average Bonchev–Trinajstić information content (AvgIpc) is 2.28. The fraction of sp³-hybridized carbons (Fsp3) is 0.500. The first-order valence-electron chi connectivity index (χ1n) is 6.02. The first-order chi connectivity index (χ1) is 8.52. The fourth-order valence-electron chi connectivity index (χ4n) is 1.81. The van der Waals surface area contributed by atoms with E-state index in [9.17, 15) is 0 Å². The molecule has 0 amide bonds. The number of hydrogen-bond donors (Lipinski definition) is 0. The number of benzene rings is 1. The van der Waals surface area contributed by atoms with E-state index in [0.29, 0.717) is 6.42 Å². The SMILES string of the molecule is CC(Cl)CN(CC(C)Cl)c1ccc(CC#N)cc1. The number of alkyl halides is 2. The van der Waals surface area contributed by atoms with Gasteiger partial charge in [0.15, 0.2) is 0 Å². The maximum atomic E-state index is 8.64. The molecule has 2 unspecified atom stereocenters. The second kappa shape index (κ2) is 7.51. The summed E-state index contributed by atoms with van der Waals surface area (Å²) in [6.07, 6.45) is 0.443. The first kappa shape index (κ1) is 15.1. The lowest BCUT2D eigenvalue weighted by molar-refractivity contribution is 0.753. The van der Waals surface area contributed by atoms with Crippen molar-refractivity contribution in [2.45, 2.75) is 31.0 Å². The molecular formula is C14H18Cl2N2. The highest BCUT2D eigenvalue weighted by atomic mass is 35.5. The van der Waals surface area contributed by atoms with Crippen molar-refractivity contribution in [2.24, 2.45) is 0 Å². The van der Waals surface area contributed by atoms with Crippen molar-refractivity contribution in [3.63, 3.8) is 0 Å². The highest BCUT2D eigenvalue weighted by Gasteiger charge is 2.12. The lowest BCUT2D eigenvalue weighted by Crippen LogP contribution is -2.33. The Morgan fingerprint density at radius 2 is 1.61 bits per heavy atom. The summed E-state index contributed by atoms with van der Waals surface area (Å²) in [6.45, 7) is 5.46. The second-order valence-corrected chi connectivity index (χ2v) is 5.96. The molecule has 1 aromatic rings. The number of anilines is 1. The molecule has 0 aliphatic rings. The van der Waals surface area contributed by atoms with Crippen LogP contribution in [0.15, 0.2) is 24.3 Å². The molecule has 2 nitrogen and oxygen atoms in total. The van der Waals surface area contributed by atoms with Crippen LogP contribution in [0.4, 0.5) is 5.69 Å². The highest BCUT2D eigenvalue weighted by molar-refractivity contribution is 6.21. The van der Waals surface area contributed by atoms with Gasteiger partial charge in [0.1, 0.15) is 0 Å². The van der Waals surface area contributed by atoms with Gasteiger partial charge in [-0.2, -0.15) is 5.26 Å². The Kier molecular flexibility index (Phi) is 6.32. The average molecular weight is 285 g/mol. The molecule has 18 heavy (non-hydrogen) atoms. The van der Waals surface area contributed by atoms with Gasteiger partial charge in [-0.25, -0.2) is 0 Å². The second-order valence-electron chi connectivity index (χ2n) is 4.47. The van der Waals surface area contributed by atoms with Crippen molar-refractivity contribution < 1.29 is 0 Å². The molecule has 0 saturated carbocycles. The predicted octanol–water partition coefficient (Wildman–Crippen LogP) is 3.81. The van der Waals surface area contributed by atoms with Crippen LogP contribution in [0.1, 0.15) is 19.4 Å². The molecule has 0 aliphatic heterocycles. The van der Waals surface area contributed by atoms with Gasteiger partial charge in [0.2, 0.25) is 0 Å². The fourth-order valence-corrected chi connectivity index (χ4v) is 2.14. The monoisotopic (exact) mass is 284 g/mol. The van der Waals surface area contributed by atoms with Gasteiger partial charge in [0, 0.05) is 29.5 Å². The smallest absolute Gasteiger partial charge is 0.0669 e. The zero-order chi connectivity index (χ0) is 13.5. The Balaban J connectivity index is 2.81. The Morgan fingerprint density at radius 3 is 2.00 bits per heavy atom. The topological polar surface area (TPSA) is 27.0 Å². The van der Waals surface area contributed by atoms with Crippen LogP contribution in [0, 0.1) is 11.3 Å². The van der Waals surface area contributed by atoms with E-state index < -0.39 is 0 Å². The van der Waals surface area contributed by atoms with Gasteiger partial charge in [-0.15, -0.1) is 23.2 Å². The molecule has 0 fully saturated rings. The largest absolute Gasteiger partial charge is 0.369 e. The molecule has 0 N–H and O–H groups in total. The molecule has 0 spiro atoms. The quantitative estimate of drug-likeness (QED) is 0.743. The van der Waals surface area contributed by atoms with Crippen molar-refractivity contribution in [3.05, 3.63) is 29.8 Å². The van der Waals surface area contributed by atoms with E-state index in [2.05, 4.69) is 11.0 Å². The van der Waals surface area contributed by atoms with E-state index in [1.54, 1.807) is 0 Å². The van der Waals surface area contributed by atoms with Crippen LogP contribution in [0.2, 0.25) is 0 Å². The third-order valence-electron chi connectivity index (χ3n) is 2.53. The van der Waals surface area contributed by atoms with Crippen LogP contribution < -0.4 is 4.90 Å². The van der Waals surface area contributed by atoms with E-state index in [1.807, 2.05) is 38.1 Å². The summed E-state index contributed by atoms with van der Waals surface area (Å²) in [4.78, 5) is 2.17. The zero-order valence-corrected chi connectivity index (χ0v) is 12.2. The molecule has 4 heteroatoms. The molecular weight excluding hydrogens is 267 g/mol. The zero-order valence-electron chi connectivity index (χ0n) is 10.7. The molecule has 0 radical (unpaired) electrons. The summed E-state index contributed by atoms with van der Waals surface area (Å²) < 4.78 is 0. The van der Waals surface area contributed by atoms with Crippen LogP contribution in [-0.2, 0) is 6.42 Å². The van der Waals surface area contributed by atoms with E-state index in [4.69, 9.17) is 28.5 Å². The third-order valence-corrected chi connectivity index (χ3v) is 2.80. The van der Waals surface area contributed by atoms with Crippen LogP contribution in [-0.4, -0.2) is 23.8 Å². The minimum atomic E-state index is 0.0687. The van der Waals surface area contributed by atoms with Crippen molar-refractivity contribution in [3.8, 4) is 6.07 Å². The minimum Gasteiger partial charge on any atom is -0.369 e. The molecule has 1 aromatic carbocycles. The molecule has 2 atom stereocenters. The van der Waals surface area contributed by atoms with E-state index >= 15 is 0 Å². The van der Waals surface area contributed by atoms with Crippen molar-refractivity contribution >= 4 is 28.9 Å². The van der Waals surface area contributed by atoms with Gasteiger partial charge < -0.3 is 4.90 Å². The minimum absolute atomic E-state index is 0.0687. The lowest BCUT2D eigenvalue weighted by Gasteiger charge is -2.27. The van der Waals surface area contributed by atoms with Gasteiger partial charge in [-0.05, 0) is 31.5 Å². The van der Waals surface area contributed by atoms with Crippen LogP contribution in [0.3, 0.4) is 0 Å². The molecule has 0 aliphatic carbocycles. The molecule has 98 valence electrons. The summed E-state index contributed by atoms with van der Waals surface area (Å²) in [5.74, 6) is 0. The molecule has 0 heterocycles. The van der Waals surface area contributed by atoms with E-state index in [1.165, 1.54) is 0 Å². The van der Waals surface area contributed by atoms with Gasteiger partial charge in [0.05, 0.1) is 12.5 Å². The number of rotatable bonds is 6. The summed E-state index contributed by atoms with van der Waals surface area (Å²) in [6, 6.07) is 10.1. The Morgan fingerprint density at radius 1 is 1.11 bits per heavy atom. The molecule has 0 bridgehead atoms. The summed E-state index contributed by atoms with van der Waals surface area (Å²) in [5, 5.41) is 8.78. The predicted molar refractivity (Wildman–Crippen MR) is 78.6 cm³/mol. The van der Waals surface area contributed by atoms with E-state index in [0.717, 1.165) is 24.3 Å². The van der Waals surface area contributed by atoms with Gasteiger partial charge >= 0.3 is 0 Å². The van der Waals surface area contributed by atoms with Gasteiger partial charge in [-0.1, -0.05) is 12.1 Å². The number of hydrogen-bond acceptors (Lipinski definition) is 2. The highest BCUT2D eigenvalue weighted by Crippen LogP contribution is 2.18. The summed E-state index contributed by atoms with van der Waals surface area (Å²) in [7, 11) is 0. The summed E-state index contributed by atoms with van der Waals surface area (Å²) in [5.41, 5.74) is 2.12. The maximum absolute atomic E-state index is 8.64. The Bertz CT molecular complexity index is 383. The summed E-state index contributed by atoms with van der Waals surface area (Å²) >= 11 is 12.1. The van der Waals surface area contributed by atoms with Crippen molar-refractivity contribution in [1.82, 2.24) is 0 Å². The molecule has 0 aromatic heterocycles. The van der Waals surface area contributed by atoms with Crippen LogP contribution in [0.5, 0.6) is 0 Å². The maximum Gasteiger partial charge on any atom is 0.0669 e. The molecule has 1 rings (SSSR count). The van der Waals surface area contributed by atoms with Crippen molar-refractivity contribution in [2.75, 3.05) is 18.0 Å². The number of nitriles is 1. The third kappa shape index (κ3) is 5.16. The standard InChI is InChI=1S/C14H18Cl2N2/c1-11(15)9-18(10-12(2)16)14-5-3-13(4-6-14)7-8-17/h3-6,11-12H,7,9-10H2,1-2H3. The number of halogens is 2. The van der Waals surface area contributed by atoms with E-state index in [-0.39, 0.29) is 10.8 Å². The van der Waals surface area contributed by atoms with Crippen LogP contribution in [0.25, 0.3) is 0 Å². The first-order valence-corrected chi connectivity index (χ1v) is 6.89. The Hall–Kier alpha value is -0.910. The number of nitrogens with zero attached hydrogens (tertiary/aromatic N) is 2. The molecule has 0 saturated heterocycles. The van der Waals surface area contributed by atoms with Gasteiger partial charge in [-0.3, -0.25) is 0 Å². The van der Waals surface area contributed by atoms with Gasteiger partial charge in [0.25, 0.3) is 0 Å². The lowest BCUT2D eigenvalue weighted by atomic mass is 10.1. The van der Waals surface area contributed by atoms with Crippen LogP contribution >= 0.6 is 23.2 Å².